The number of nitro groups is 1. The number of nitro benzene ring substituents is 1. The summed E-state index contributed by atoms with van der Waals surface area (Å²) in [5.74, 6) is -1.23. The second kappa shape index (κ2) is 13.5. The molecule has 0 bridgehead atoms. The van der Waals surface area contributed by atoms with Crippen molar-refractivity contribution in [3.63, 3.8) is 0 Å². The zero-order chi connectivity index (χ0) is 26.0. The van der Waals surface area contributed by atoms with Crippen LogP contribution in [0.4, 0.5) is 5.69 Å². The van der Waals surface area contributed by atoms with Crippen molar-refractivity contribution >= 4 is 17.6 Å². The number of aryl methyl sites for hydroxylation is 1. The van der Waals surface area contributed by atoms with Gasteiger partial charge in [0.2, 0.25) is 0 Å². The number of aliphatic carboxylic acids is 1. The van der Waals surface area contributed by atoms with Crippen molar-refractivity contribution in [2.45, 2.75) is 45.3 Å². The van der Waals surface area contributed by atoms with Crippen molar-refractivity contribution in [2.75, 3.05) is 58.9 Å². The molecule has 0 amide bonds. The van der Waals surface area contributed by atoms with E-state index in [-0.39, 0.29) is 24.7 Å². The number of esters is 1. The van der Waals surface area contributed by atoms with Gasteiger partial charge in [-0.05, 0) is 39.2 Å². The van der Waals surface area contributed by atoms with Crippen molar-refractivity contribution in [1.82, 2.24) is 14.7 Å². The van der Waals surface area contributed by atoms with Crippen LogP contribution >= 0.6 is 0 Å². The molecule has 2 rings (SSSR count). The molecule has 35 heavy (non-hydrogen) atoms. The van der Waals surface area contributed by atoms with E-state index in [0.717, 1.165) is 5.56 Å². The van der Waals surface area contributed by atoms with E-state index in [2.05, 4.69) is 4.90 Å². The van der Waals surface area contributed by atoms with Crippen LogP contribution in [0.3, 0.4) is 0 Å². The maximum absolute atomic E-state index is 12.3. The zero-order valence-corrected chi connectivity index (χ0v) is 20.9. The molecule has 1 aliphatic heterocycles. The van der Waals surface area contributed by atoms with E-state index in [1.807, 2.05) is 30.6 Å². The van der Waals surface area contributed by atoms with E-state index in [0.29, 0.717) is 58.7 Å². The third-order valence-corrected chi connectivity index (χ3v) is 5.71. The Bertz CT molecular complexity index is 841. The van der Waals surface area contributed by atoms with Gasteiger partial charge in [0, 0.05) is 57.9 Å². The van der Waals surface area contributed by atoms with Crippen molar-refractivity contribution < 1.29 is 29.5 Å². The average molecular weight is 495 g/mol. The van der Waals surface area contributed by atoms with Gasteiger partial charge in [-0.1, -0.05) is 12.1 Å². The van der Waals surface area contributed by atoms with E-state index in [1.54, 1.807) is 12.1 Å². The first-order valence-electron chi connectivity index (χ1n) is 11.9. The number of aliphatic hydroxyl groups is 1. The minimum atomic E-state index is -0.905. The van der Waals surface area contributed by atoms with Gasteiger partial charge >= 0.3 is 11.9 Å². The standard InChI is InChI=1S/C24H38N4O7/c1-24(2,3)35-23(32)18-27-14-11-25(10-12-26(13-15-27)17-22(30)31)16-21(29)9-6-19-4-7-20(8-5-19)28(33)34/h4-5,7-8,21,29H,6,9-18H2,1-3H3,(H,30,31). The number of aliphatic hydroxyl groups excluding tert-OH is 1. The number of carboxylic acids is 1. The van der Waals surface area contributed by atoms with Gasteiger partial charge < -0.3 is 14.9 Å². The number of ether oxygens (including phenoxy) is 1. The van der Waals surface area contributed by atoms with Crippen LogP contribution in [0.25, 0.3) is 0 Å². The predicted octanol–water partition coefficient (Wildman–Crippen LogP) is 1.23. The quantitative estimate of drug-likeness (QED) is 0.278. The predicted molar refractivity (Wildman–Crippen MR) is 130 cm³/mol. The van der Waals surface area contributed by atoms with Gasteiger partial charge in [-0.3, -0.25) is 34.4 Å². The first-order valence-corrected chi connectivity index (χ1v) is 11.9. The molecule has 0 aliphatic carbocycles. The monoisotopic (exact) mass is 494 g/mol. The van der Waals surface area contributed by atoms with Crippen molar-refractivity contribution in [3.05, 3.63) is 39.9 Å². The van der Waals surface area contributed by atoms with Crippen molar-refractivity contribution in [2.24, 2.45) is 0 Å². The number of β-amino-alcohol motifs (C(OH)–C–C–N with tert-alkyl or cyclic N) is 1. The molecular formula is C24H38N4O7. The van der Waals surface area contributed by atoms with E-state index >= 15 is 0 Å². The number of carboxylic acid groups (broad SMARTS) is 1. The third-order valence-electron chi connectivity index (χ3n) is 5.71. The normalized spacial score (nSPS) is 17.7. The molecule has 1 aromatic carbocycles. The number of benzene rings is 1. The minimum absolute atomic E-state index is 0.0350. The molecule has 1 atom stereocenters. The summed E-state index contributed by atoms with van der Waals surface area (Å²) in [6.07, 6.45) is 0.468. The maximum Gasteiger partial charge on any atom is 0.320 e. The maximum atomic E-state index is 12.3. The van der Waals surface area contributed by atoms with Crippen molar-refractivity contribution in [1.29, 1.82) is 0 Å². The fourth-order valence-electron chi connectivity index (χ4n) is 3.94. The minimum Gasteiger partial charge on any atom is -0.480 e. The molecular weight excluding hydrogens is 456 g/mol. The lowest BCUT2D eigenvalue weighted by molar-refractivity contribution is -0.384. The van der Waals surface area contributed by atoms with E-state index in [1.165, 1.54) is 12.1 Å². The van der Waals surface area contributed by atoms with Crippen molar-refractivity contribution in [3.8, 4) is 0 Å². The second-order valence-corrected chi connectivity index (χ2v) is 9.95. The lowest BCUT2D eigenvalue weighted by Crippen LogP contribution is -2.42. The number of nitrogens with zero attached hydrogens (tertiary/aromatic N) is 4. The van der Waals surface area contributed by atoms with E-state index in [9.17, 15) is 29.9 Å². The molecule has 11 heteroatoms. The highest BCUT2D eigenvalue weighted by molar-refractivity contribution is 5.72. The summed E-state index contributed by atoms with van der Waals surface area (Å²) in [5, 5.41) is 30.7. The van der Waals surface area contributed by atoms with Crippen LogP contribution in [0.15, 0.2) is 24.3 Å². The molecule has 0 saturated carbocycles. The summed E-state index contributed by atoms with van der Waals surface area (Å²) < 4.78 is 5.44. The molecule has 11 nitrogen and oxygen atoms in total. The Hall–Kier alpha value is -2.60. The molecule has 1 heterocycles. The Balaban J connectivity index is 1.95. The summed E-state index contributed by atoms with van der Waals surface area (Å²) in [7, 11) is 0. The molecule has 2 N–H and O–H groups in total. The Labute approximate surface area is 206 Å². The summed E-state index contributed by atoms with van der Waals surface area (Å²) in [6.45, 7) is 9.32. The van der Waals surface area contributed by atoms with Crippen LogP contribution in [0.5, 0.6) is 0 Å². The summed E-state index contributed by atoms with van der Waals surface area (Å²) in [6, 6.07) is 6.31. The molecule has 0 spiro atoms. The molecule has 1 unspecified atom stereocenters. The van der Waals surface area contributed by atoms with Gasteiger partial charge in [0.25, 0.3) is 5.69 Å². The first kappa shape index (κ1) is 28.6. The number of non-ortho nitro benzene ring substituents is 1. The summed E-state index contributed by atoms with van der Waals surface area (Å²) in [4.78, 5) is 39.9. The fraction of sp³-hybridized carbons (Fsp3) is 0.667. The van der Waals surface area contributed by atoms with Gasteiger partial charge in [-0.2, -0.15) is 0 Å². The molecule has 1 aromatic rings. The fourth-order valence-corrected chi connectivity index (χ4v) is 3.94. The third kappa shape index (κ3) is 11.6. The Morgan fingerprint density at radius 2 is 1.51 bits per heavy atom. The van der Waals surface area contributed by atoms with E-state index in [4.69, 9.17) is 4.74 Å². The zero-order valence-electron chi connectivity index (χ0n) is 20.9. The molecule has 0 aromatic heterocycles. The highest BCUT2D eigenvalue weighted by Gasteiger charge is 2.23. The molecule has 196 valence electrons. The highest BCUT2D eigenvalue weighted by Crippen LogP contribution is 2.14. The number of carbonyl (C=O) groups is 2. The summed E-state index contributed by atoms with van der Waals surface area (Å²) in [5.41, 5.74) is 0.370. The molecule has 1 aliphatic rings. The molecule has 1 fully saturated rings. The largest absolute Gasteiger partial charge is 0.480 e. The van der Waals surface area contributed by atoms with Crippen LogP contribution in [0, 0.1) is 10.1 Å². The number of rotatable bonds is 10. The van der Waals surface area contributed by atoms with Gasteiger partial charge in [0.05, 0.1) is 24.1 Å². The van der Waals surface area contributed by atoms with Crippen LogP contribution in [-0.4, -0.2) is 112 Å². The molecule has 1 saturated heterocycles. The number of hydrogen-bond acceptors (Lipinski definition) is 9. The number of hydrogen-bond donors (Lipinski definition) is 2. The van der Waals surface area contributed by atoms with Crippen LogP contribution in [-0.2, 0) is 20.7 Å². The lowest BCUT2D eigenvalue weighted by Gasteiger charge is -2.28. The Morgan fingerprint density at radius 3 is 2.00 bits per heavy atom. The smallest absolute Gasteiger partial charge is 0.320 e. The second-order valence-electron chi connectivity index (χ2n) is 9.95. The number of carbonyl (C=O) groups excluding carboxylic acids is 1. The SMILES string of the molecule is CC(C)(C)OC(=O)CN1CCN(CC(=O)O)CCN(CC(O)CCc2ccc([N+](=O)[O-])cc2)CC1. The van der Waals surface area contributed by atoms with Gasteiger partial charge in [0.1, 0.15) is 5.60 Å². The average Bonchev–Trinajstić information content (AvgIpc) is 2.83. The lowest BCUT2D eigenvalue weighted by atomic mass is 10.1. The van der Waals surface area contributed by atoms with Crippen LogP contribution in [0.2, 0.25) is 0 Å². The topological polar surface area (TPSA) is 137 Å². The van der Waals surface area contributed by atoms with E-state index < -0.39 is 22.6 Å². The summed E-state index contributed by atoms with van der Waals surface area (Å²) >= 11 is 0. The van der Waals surface area contributed by atoms with Gasteiger partial charge in [-0.25, -0.2) is 0 Å². The van der Waals surface area contributed by atoms with Crippen LogP contribution < -0.4 is 0 Å². The van der Waals surface area contributed by atoms with Gasteiger partial charge in [-0.15, -0.1) is 0 Å². The van der Waals surface area contributed by atoms with Crippen LogP contribution in [0.1, 0.15) is 32.8 Å². The van der Waals surface area contributed by atoms with Gasteiger partial charge in [0.15, 0.2) is 0 Å². The molecule has 0 radical (unpaired) electrons. The highest BCUT2D eigenvalue weighted by atomic mass is 16.6. The Morgan fingerprint density at radius 1 is 1.00 bits per heavy atom. The first-order chi connectivity index (χ1) is 16.4. The Kier molecular flexibility index (Phi) is 11.0.